The molecule has 0 bridgehead atoms. The number of benzene rings is 2. The number of amides is 4. The van der Waals surface area contributed by atoms with Crippen molar-refractivity contribution in [2.75, 3.05) is 23.7 Å². The van der Waals surface area contributed by atoms with Crippen LogP contribution in [-0.4, -0.2) is 75.2 Å². The van der Waals surface area contributed by atoms with E-state index in [-0.39, 0.29) is 11.8 Å². The molecule has 0 unspecified atom stereocenters. The van der Waals surface area contributed by atoms with Gasteiger partial charge in [0.25, 0.3) is 0 Å². The highest BCUT2D eigenvalue weighted by atomic mass is 16.6. The van der Waals surface area contributed by atoms with E-state index in [1.807, 2.05) is 12.1 Å². The topological polar surface area (TPSA) is 143 Å². The summed E-state index contributed by atoms with van der Waals surface area (Å²) in [6, 6.07) is 13.1. The lowest BCUT2D eigenvalue weighted by atomic mass is 10.1. The van der Waals surface area contributed by atoms with Crippen molar-refractivity contribution in [2.24, 2.45) is 0 Å². The predicted molar refractivity (Wildman–Crippen MR) is 177 cm³/mol. The molecule has 3 aromatic rings. The number of hydrogen-bond acceptors (Lipinski definition) is 8. The van der Waals surface area contributed by atoms with Crippen LogP contribution in [0.1, 0.15) is 67.2 Å². The van der Waals surface area contributed by atoms with Crippen LogP contribution in [0.5, 0.6) is 0 Å². The maximum atomic E-state index is 13.0. The summed E-state index contributed by atoms with van der Waals surface area (Å²) in [5.41, 5.74) is 1.40. The second-order valence-electron chi connectivity index (χ2n) is 13.8. The van der Waals surface area contributed by atoms with Crippen LogP contribution >= 0.6 is 0 Å². The van der Waals surface area contributed by atoms with E-state index >= 15 is 0 Å². The number of nitrogens with zero attached hydrogens (tertiary/aromatic N) is 3. The molecular formula is C35H43N5O7. The zero-order valence-electron chi connectivity index (χ0n) is 27.8. The van der Waals surface area contributed by atoms with Gasteiger partial charge >= 0.3 is 12.2 Å². The Balaban J connectivity index is 1.17. The zero-order chi connectivity index (χ0) is 33.9. The zero-order valence-corrected chi connectivity index (χ0v) is 27.8. The van der Waals surface area contributed by atoms with Gasteiger partial charge in [-0.1, -0.05) is 0 Å². The molecule has 0 aliphatic carbocycles. The van der Waals surface area contributed by atoms with E-state index in [0.29, 0.717) is 49.0 Å². The molecule has 0 saturated carbocycles. The quantitative estimate of drug-likeness (QED) is 0.302. The molecule has 250 valence electrons. The van der Waals surface area contributed by atoms with Gasteiger partial charge in [-0.25, -0.2) is 14.6 Å². The van der Waals surface area contributed by atoms with Crippen LogP contribution in [0, 0.1) is 0 Å². The number of hydrogen-bond donors (Lipinski definition) is 2. The SMILES string of the molecule is CC(C)(C)OC(=O)N1CCC[C@H]1C(=O)Nc1ccc(-c2cnc(-c3ccc(NC(=O)[C@@H]4CCCN4C(=O)OC(C)(C)C)cc3)o2)cc1. The van der Waals surface area contributed by atoms with Gasteiger partial charge in [0.05, 0.1) is 6.20 Å². The average molecular weight is 646 g/mol. The van der Waals surface area contributed by atoms with E-state index in [9.17, 15) is 19.2 Å². The number of oxazole rings is 1. The standard InChI is InChI=1S/C35H43N5O7/c1-34(2,3)46-32(43)39-19-7-9-26(39)29(41)37-24-15-11-22(12-16-24)28-21-36-31(45-28)23-13-17-25(18-14-23)38-30(42)27-10-8-20-40(27)33(44)47-35(4,5)6/h11-18,21,26-27H,7-10,19-20H2,1-6H3,(H,37,41)(H,38,42)/t26-,27-/m0/s1. The Labute approximate surface area is 274 Å². The number of likely N-dealkylation sites (tertiary alicyclic amines) is 2. The summed E-state index contributed by atoms with van der Waals surface area (Å²) < 4.78 is 17.0. The van der Waals surface area contributed by atoms with E-state index in [1.165, 1.54) is 9.80 Å². The summed E-state index contributed by atoms with van der Waals surface area (Å²) in [5, 5.41) is 5.80. The van der Waals surface area contributed by atoms with E-state index in [0.717, 1.165) is 24.0 Å². The van der Waals surface area contributed by atoms with Gasteiger partial charge in [0.15, 0.2) is 5.76 Å². The average Bonchev–Trinajstić information content (AvgIpc) is 3.77. The first-order valence-electron chi connectivity index (χ1n) is 15.9. The van der Waals surface area contributed by atoms with Gasteiger partial charge in [-0.15, -0.1) is 0 Å². The van der Waals surface area contributed by atoms with Crippen molar-refractivity contribution in [3.05, 3.63) is 54.7 Å². The number of carbonyl (C=O) groups is 4. The third-order valence-corrected chi connectivity index (χ3v) is 7.71. The summed E-state index contributed by atoms with van der Waals surface area (Å²) in [7, 11) is 0. The Kier molecular flexibility index (Phi) is 9.60. The second-order valence-corrected chi connectivity index (χ2v) is 13.8. The van der Waals surface area contributed by atoms with E-state index < -0.39 is 35.5 Å². The summed E-state index contributed by atoms with van der Waals surface area (Å²) in [5.74, 6) is 0.435. The fourth-order valence-electron chi connectivity index (χ4n) is 5.56. The van der Waals surface area contributed by atoms with Crippen LogP contribution in [0.2, 0.25) is 0 Å². The fraction of sp³-hybridized carbons (Fsp3) is 0.457. The van der Waals surface area contributed by atoms with Crippen molar-refractivity contribution in [1.82, 2.24) is 14.8 Å². The Morgan fingerprint density at radius 2 is 1.13 bits per heavy atom. The van der Waals surface area contributed by atoms with E-state index in [4.69, 9.17) is 13.9 Å². The Morgan fingerprint density at radius 3 is 1.55 bits per heavy atom. The summed E-state index contributed by atoms with van der Waals surface area (Å²) >= 11 is 0. The van der Waals surface area contributed by atoms with Gasteiger partial charge in [0.2, 0.25) is 17.7 Å². The summed E-state index contributed by atoms with van der Waals surface area (Å²) in [4.78, 5) is 58.6. The van der Waals surface area contributed by atoms with Crippen molar-refractivity contribution in [3.8, 4) is 22.8 Å². The van der Waals surface area contributed by atoms with Crippen molar-refractivity contribution < 1.29 is 33.1 Å². The smallest absolute Gasteiger partial charge is 0.410 e. The highest BCUT2D eigenvalue weighted by Crippen LogP contribution is 2.29. The van der Waals surface area contributed by atoms with Crippen molar-refractivity contribution in [3.63, 3.8) is 0 Å². The number of rotatable bonds is 6. The first-order valence-corrected chi connectivity index (χ1v) is 15.9. The molecule has 2 N–H and O–H groups in total. The molecule has 2 saturated heterocycles. The molecular weight excluding hydrogens is 602 g/mol. The minimum atomic E-state index is -0.638. The van der Waals surface area contributed by atoms with Crippen molar-refractivity contribution >= 4 is 35.4 Å². The highest BCUT2D eigenvalue weighted by Gasteiger charge is 2.38. The van der Waals surface area contributed by atoms with Gasteiger partial charge in [-0.05, 0) is 116 Å². The number of ether oxygens (including phenoxy) is 2. The van der Waals surface area contributed by atoms with Gasteiger partial charge in [-0.3, -0.25) is 19.4 Å². The molecule has 2 aliphatic heterocycles. The largest absolute Gasteiger partial charge is 0.444 e. The van der Waals surface area contributed by atoms with Crippen molar-refractivity contribution in [1.29, 1.82) is 0 Å². The molecule has 1 aromatic heterocycles. The minimum absolute atomic E-state index is 0.258. The van der Waals surface area contributed by atoms with Crippen LogP contribution in [0.4, 0.5) is 21.0 Å². The molecule has 12 nitrogen and oxygen atoms in total. The number of anilines is 2. The molecule has 0 spiro atoms. The molecule has 3 heterocycles. The summed E-state index contributed by atoms with van der Waals surface area (Å²) in [6.45, 7) is 11.8. The first-order chi connectivity index (χ1) is 22.2. The molecule has 2 fully saturated rings. The Bertz CT molecular complexity index is 1480. The Hall–Kier alpha value is -4.87. The molecule has 4 amide bonds. The van der Waals surface area contributed by atoms with E-state index in [2.05, 4.69) is 15.6 Å². The van der Waals surface area contributed by atoms with E-state index in [1.54, 1.807) is 84.1 Å². The van der Waals surface area contributed by atoms with Gasteiger partial charge in [0, 0.05) is 35.6 Å². The third kappa shape index (κ3) is 8.49. The molecule has 47 heavy (non-hydrogen) atoms. The Morgan fingerprint density at radius 1 is 0.702 bits per heavy atom. The minimum Gasteiger partial charge on any atom is -0.444 e. The lowest BCUT2D eigenvalue weighted by molar-refractivity contribution is -0.121. The normalized spacial score (nSPS) is 18.2. The van der Waals surface area contributed by atoms with Gasteiger partial charge < -0.3 is 24.5 Å². The molecule has 2 atom stereocenters. The maximum absolute atomic E-state index is 13.0. The van der Waals surface area contributed by atoms with Crippen LogP contribution in [-0.2, 0) is 19.1 Å². The predicted octanol–water partition coefficient (Wildman–Crippen LogP) is 6.68. The van der Waals surface area contributed by atoms with Gasteiger partial charge in [0.1, 0.15) is 23.3 Å². The number of carbonyl (C=O) groups excluding carboxylic acids is 4. The molecule has 2 aromatic carbocycles. The molecule has 2 aliphatic rings. The molecule has 5 rings (SSSR count). The number of aromatic nitrogens is 1. The molecule has 0 radical (unpaired) electrons. The monoisotopic (exact) mass is 645 g/mol. The summed E-state index contributed by atoms with van der Waals surface area (Å²) in [6.07, 6.45) is 3.27. The lowest BCUT2D eigenvalue weighted by Gasteiger charge is -2.28. The molecule has 12 heteroatoms. The third-order valence-electron chi connectivity index (χ3n) is 7.71. The fourth-order valence-corrected chi connectivity index (χ4v) is 5.56. The van der Waals surface area contributed by atoms with Crippen LogP contribution in [0.25, 0.3) is 22.8 Å². The second kappa shape index (κ2) is 13.5. The lowest BCUT2D eigenvalue weighted by Crippen LogP contribution is -2.45. The van der Waals surface area contributed by atoms with Crippen molar-refractivity contribution in [2.45, 2.75) is 90.5 Å². The highest BCUT2D eigenvalue weighted by molar-refractivity contribution is 5.98. The maximum Gasteiger partial charge on any atom is 0.410 e. The first kappa shape index (κ1) is 33.5. The van der Waals surface area contributed by atoms with Crippen LogP contribution < -0.4 is 10.6 Å². The number of nitrogens with one attached hydrogen (secondary N) is 2. The van der Waals surface area contributed by atoms with Crippen LogP contribution in [0.3, 0.4) is 0 Å². The van der Waals surface area contributed by atoms with Gasteiger partial charge in [-0.2, -0.15) is 0 Å². The van der Waals surface area contributed by atoms with Crippen LogP contribution in [0.15, 0.2) is 59.1 Å².